The summed E-state index contributed by atoms with van der Waals surface area (Å²) in [4.78, 5) is 11.2. The molecule has 0 bridgehead atoms. The van der Waals surface area contributed by atoms with Crippen molar-refractivity contribution in [3.8, 4) is 11.4 Å². The Balaban J connectivity index is 1.84. The van der Waals surface area contributed by atoms with Gasteiger partial charge in [0.25, 0.3) is 0 Å². The number of aliphatic imine (C=N–C) groups is 1. The molecule has 3 nitrogen and oxygen atoms in total. The number of benzene rings is 1. The average Bonchev–Trinajstić information content (AvgIpc) is 3.32. The Morgan fingerprint density at radius 1 is 0.957 bits per heavy atom. The van der Waals surface area contributed by atoms with Crippen LogP contribution in [0.2, 0.25) is 0 Å². The van der Waals surface area contributed by atoms with Crippen LogP contribution in [0.3, 0.4) is 0 Å². The van der Waals surface area contributed by atoms with E-state index in [9.17, 15) is 0 Å². The lowest BCUT2D eigenvalue weighted by atomic mass is 10.0. The minimum atomic E-state index is 0.965. The van der Waals surface area contributed by atoms with Crippen molar-refractivity contribution in [1.29, 1.82) is 0 Å². The fourth-order valence-corrected chi connectivity index (χ4v) is 2.97. The number of aromatic amines is 2. The molecule has 1 aliphatic rings. The molecule has 0 saturated heterocycles. The molecule has 112 valence electrons. The lowest BCUT2D eigenvalue weighted by molar-refractivity contribution is 1.29. The number of H-pyrrole nitrogens is 2. The molecular weight excluding hydrogens is 350 g/mol. The van der Waals surface area contributed by atoms with Crippen molar-refractivity contribution in [1.82, 2.24) is 9.97 Å². The second-order valence-electron chi connectivity index (χ2n) is 5.27. The van der Waals surface area contributed by atoms with Crippen LogP contribution in [-0.2, 0) is 0 Å². The number of hydrogen-bond donors (Lipinski definition) is 2. The highest BCUT2D eigenvalue weighted by molar-refractivity contribution is 9.10. The Bertz CT molecular complexity index is 896. The summed E-state index contributed by atoms with van der Waals surface area (Å²) in [5, 5.41) is 0. The Morgan fingerprint density at radius 2 is 1.83 bits per heavy atom. The van der Waals surface area contributed by atoms with Crippen molar-refractivity contribution in [2.24, 2.45) is 4.99 Å². The van der Waals surface area contributed by atoms with Gasteiger partial charge in [-0.15, -0.1) is 0 Å². The first-order valence-electron chi connectivity index (χ1n) is 7.35. The van der Waals surface area contributed by atoms with Crippen LogP contribution < -0.4 is 0 Å². The molecule has 0 radical (unpaired) electrons. The number of aromatic nitrogens is 2. The molecule has 0 aliphatic carbocycles. The number of halogens is 1. The minimum absolute atomic E-state index is 0.965. The fourth-order valence-electron chi connectivity index (χ4n) is 2.70. The number of allylic oxidation sites excluding steroid dienone is 2. The third-order valence-electron chi connectivity index (χ3n) is 3.79. The van der Waals surface area contributed by atoms with E-state index >= 15 is 0 Å². The first-order chi connectivity index (χ1) is 11.3. The molecule has 0 amide bonds. The Morgan fingerprint density at radius 3 is 2.52 bits per heavy atom. The highest BCUT2D eigenvalue weighted by atomic mass is 79.9. The van der Waals surface area contributed by atoms with Gasteiger partial charge in [0.15, 0.2) is 0 Å². The van der Waals surface area contributed by atoms with Crippen LogP contribution in [0.25, 0.3) is 17.0 Å². The van der Waals surface area contributed by atoms with Crippen LogP contribution >= 0.6 is 15.9 Å². The Hall–Kier alpha value is -2.59. The van der Waals surface area contributed by atoms with Crippen molar-refractivity contribution < 1.29 is 0 Å². The molecule has 1 aliphatic heterocycles. The van der Waals surface area contributed by atoms with Gasteiger partial charge in [-0.05, 0) is 54.1 Å². The van der Waals surface area contributed by atoms with Crippen molar-refractivity contribution in [2.45, 2.75) is 0 Å². The molecule has 0 spiro atoms. The summed E-state index contributed by atoms with van der Waals surface area (Å²) >= 11 is 3.49. The van der Waals surface area contributed by atoms with Crippen LogP contribution in [0.1, 0.15) is 11.3 Å². The summed E-state index contributed by atoms with van der Waals surface area (Å²) in [5.74, 6) is 0. The summed E-state index contributed by atoms with van der Waals surface area (Å²) in [6, 6.07) is 16.5. The number of nitrogens with one attached hydrogen (secondary N) is 2. The van der Waals surface area contributed by atoms with Gasteiger partial charge in [-0.3, -0.25) is 4.99 Å². The SMILES string of the molecule is Brc1ccc(/C(=C2\C=CC=N2)c2ccc(-c3ccc[nH]3)[nH]2)cc1. The van der Waals surface area contributed by atoms with Crippen molar-refractivity contribution in [2.75, 3.05) is 0 Å². The predicted molar refractivity (Wildman–Crippen MR) is 98.4 cm³/mol. The van der Waals surface area contributed by atoms with Gasteiger partial charge in [0.1, 0.15) is 0 Å². The maximum atomic E-state index is 4.49. The molecule has 4 heteroatoms. The van der Waals surface area contributed by atoms with Gasteiger partial charge in [0.05, 0.1) is 17.1 Å². The van der Waals surface area contributed by atoms with Crippen LogP contribution in [-0.4, -0.2) is 16.2 Å². The maximum absolute atomic E-state index is 4.49. The first-order valence-corrected chi connectivity index (χ1v) is 8.15. The molecule has 23 heavy (non-hydrogen) atoms. The summed E-state index contributed by atoms with van der Waals surface area (Å²) < 4.78 is 1.06. The number of nitrogens with zero attached hydrogens (tertiary/aromatic N) is 1. The predicted octanol–water partition coefficient (Wildman–Crippen LogP) is 5.17. The van der Waals surface area contributed by atoms with Crippen LogP contribution in [0.15, 0.2) is 82.0 Å². The zero-order valence-corrected chi connectivity index (χ0v) is 13.8. The highest BCUT2D eigenvalue weighted by Gasteiger charge is 2.14. The smallest absolute Gasteiger partial charge is 0.0729 e. The van der Waals surface area contributed by atoms with E-state index in [1.807, 2.05) is 42.8 Å². The lowest BCUT2D eigenvalue weighted by Crippen LogP contribution is -1.92. The molecule has 3 aromatic rings. The summed E-state index contributed by atoms with van der Waals surface area (Å²) in [5.41, 5.74) is 6.38. The molecular formula is C19H14BrN3. The van der Waals surface area contributed by atoms with E-state index in [1.54, 1.807) is 0 Å². The molecule has 0 atom stereocenters. The molecule has 0 saturated carbocycles. The van der Waals surface area contributed by atoms with Crippen molar-refractivity contribution >= 4 is 27.7 Å². The summed E-state index contributed by atoms with van der Waals surface area (Å²) in [6.07, 6.45) is 7.74. The largest absolute Gasteiger partial charge is 0.360 e. The van der Waals surface area contributed by atoms with Crippen LogP contribution in [0.4, 0.5) is 0 Å². The number of hydrogen-bond acceptors (Lipinski definition) is 1. The quantitative estimate of drug-likeness (QED) is 0.644. The minimum Gasteiger partial charge on any atom is -0.360 e. The van der Waals surface area contributed by atoms with Gasteiger partial charge in [-0.2, -0.15) is 0 Å². The second-order valence-corrected chi connectivity index (χ2v) is 6.19. The first kappa shape index (κ1) is 14.0. The Labute approximate surface area is 142 Å². The molecule has 2 N–H and O–H groups in total. The maximum Gasteiger partial charge on any atom is 0.0729 e. The normalized spacial score (nSPS) is 15.3. The van der Waals surface area contributed by atoms with E-state index in [1.165, 1.54) is 0 Å². The van der Waals surface area contributed by atoms with E-state index in [-0.39, 0.29) is 0 Å². The topological polar surface area (TPSA) is 43.9 Å². The average molecular weight is 364 g/mol. The summed E-state index contributed by atoms with van der Waals surface area (Å²) in [7, 11) is 0. The molecule has 1 aromatic carbocycles. The lowest BCUT2D eigenvalue weighted by Gasteiger charge is -2.09. The third kappa shape index (κ3) is 2.73. The Kier molecular flexibility index (Phi) is 3.60. The van der Waals surface area contributed by atoms with Crippen molar-refractivity contribution in [3.05, 3.63) is 88.3 Å². The summed E-state index contributed by atoms with van der Waals surface area (Å²) in [6.45, 7) is 0. The third-order valence-corrected chi connectivity index (χ3v) is 4.31. The van der Waals surface area contributed by atoms with Gasteiger partial charge >= 0.3 is 0 Å². The fraction of sp³-hybridized carbons (Fsp3) is 0. The molecule has 4 rings (SSSR count). The molecule has 2 aromatic heterocycles. The van der Waals surface area contributed by atoms with E-state index in [4.69, 9.17) is 0 Å². The van der Waals surface area contributed by atoms with E-state index in [0.29, 0.717) is 0 Å². The standard InChI is InChI=1S/C19H14BrN3/c20-14-7-5-13(6-8-14)19(17-4-2-12-22-17)18-10-9-16(23-18)15-3-1-11-21-15/h1-12,21,23H/b19-17-. The highest BCUT2D eigenvalue weighted by Crippen LogP contribution is 2.31. The molecule has 0 fully saturated rings. The molecule has 3 heterocycles. The van der Waals surface area contributed by atoms with Crippen LogP contribution in [0.5, 0.6) is 0 Å². The second kappa shape index (κ2) is 5.89. The van der Waals surface area contributed by atoms with E-state index in [2.05, 4.69) is 61.2 Å². The van der Waals surface area contributed by atoms with Crippen molar-refractivity contribution in [3.63, 3.8) is 0 Å². The molecule has 0 unspecified atom stereocenters. The zero-order chi connectivity index (χ0) is 15.6. The van der Waals surface area contributed by atoms with Gasteiger partial charge in [0, 0.05) is 28.2 Å². The monoisotopic (exact) mass is 363 g/mol. The van der Waals surface area contributed by atoms with Gasteiger partial charge in [-0.25, -0.2) is 0 Å². The zero-order valence-electron chi connectivity index (χ0n) is 12.3. The van der Waals surface area contributed by atoms with Gasteiger partial charge < -0.3 is 9.97 Å². The van der Waals surface area contributed by atoms with Gasteiger partial charge in [0.2, 0.25) is 0 Å². The van der Waals surface area contributed by atoms with E-state index < -0.39 is 0 Å². The number of rotatable bonds is 3. The van der Waals surface area contributed by atoms with E-state index in [0.717, 1.165) is 38.4 Å². The van der Waals surface area contributed by atoms with Crippen LogP contribution in [0, 0.1) is 0 Å². The van der Waals surface area contributed by atoms with Gasteiger partial charge in [-0.1, -0.05) is 28.1 Å².